The molecule has 0 saturated carbocycles. The third-order valence-corrected chi connectivity index (χ3v) is 6.31. The average molecular weight is 429 g/mol. The van der Waals surface area contributed by atoms with Crippen LogP contribution in [-0.2, 0) is 4.74 Å². The first-order valence-corrected chi connectivity index (χ1v) is 10.6. The van der Waals surface area contributed by atoms with Crippen LogP contribution in [0.1, 0.15) is 28.2 Å². The molecule has 2 aromatic carbocycles. The number of halogens is 2. The fraction of sp³-hybridized carbons (Fsp3) is 0.261. The number of carbonyl (C=O) groups excluding carboxylic acids is 1. The van der Waals surface area contributed by atoms with Gasteiger partial charge in [-0.1, -0.05) is 36.4 Å². The van der Waals surface area contributed by atoms with Crippen LogP contribution in [0, 0.1) is 11.6 Å². The molecule has 1 atom stereocenters. The van der Waals surface area contributed by atoms with Gasteiger partial charge in [-0.05, 0) is 36.2 Å². The lowest BCUT2D eigenvalue weighted by Gasteiger charge is -2.28. The number of rotatable bonds is 5. The van der Waals surface area contributed by atoms with E-state index < -0.39 is 17.7 Å². The maximum atomic E-state index is 13.5. The Morgan fingerprint density at radius 2 is 1.80 bits per heavy atom. The van der Waals surface area contributed by atoms with Crippen LogP contribution in [-0.4, -0.2) is 32.2 Å². The van der Waals surface area contributed by atoms with Crippen LogP contribution in [0.5, 0.6) is 0 Å². The van der Waals surface area contributed by atoms with Gasteiger partial charge in [0, 0.05) is 18.7 Å². The highest BCUT2D eigenvalue weighted by atomic mass is 32.1. The Balaban J connectivity index is 1.60. The predicted molar refractivity (Wildman–Crippen MR) is 115 cm³/mol. The van der Waals surface area contributed by atoms with E-state index in [0.29, 0.717) is 23.7 Å². The summed E-state index contributed by atoms with van der Waals surface area (Å²) in [6.07, 6.45) is 0. The predicted octanol–water partition coefficient (Wildman–Crippen LogP) is 5.02. The fourth-order valence-corrected chi connectivity index (χ4v) is 4.59. The lowest BCUT2D eigenvalue weighted by Crippen LogP contribution is -2.35. The molecular weight excluding hydrogens is 406 g/mol. The number of morpholine rings is 1. The molecule has 3 aromatic rings. The second kappa shape index (κ2) is 8.93. The molecule has 30 heavy (non-hydrogen) atoms. The van der Waals surface area contributed by atoms with Gasteiger partial charge in [0.05, 0.1) is 29.1 Å². The number of anilines is 1. The van der Waals surface area contributed by atoms with Crippen molar-refractivity contribution in [2.75, 3.05) is 31.2 Å². The van der Waals surface area contributed by atoms with Gasteiger partial charge in [0.15, 0.2) is 11.6 Å². The van der Waals surface area contributed by atoms with E-state index >= 15 is 0 Å². The van der Waals surface area contributed by atoms with E-state index in [2.05, 4.69) is 10.2 Å². The molecule has 0 aliphatic carbocycles. The topological polar surface area (TPSA) is 41.6 Å². The molecule has 1 amide bonds. The van der Waals surface area contributed by atoms with E-state index in [9.17, 15) is 13.6 Å². The lowest BCUT2D eigenvalue weighted by atomic mass is 10.1. The summed E-state index contributed by atoms with van der Waals surface area (Å²) >= 11 is 1.44. The highest BCUT2D eigenvalue weighted by Gasteiger charge is 2.23. The molecule has 2 heterocycles. The van der Waals surface area contributed by atoms with Crippen LogP contribution in [0.4, 0.5) is 13.8 Å². The summed E-state index contributed by atoms with van der Waals surface area (Å²) in [5, 5.41) is 3.93. The van der Waals surface area contributed by atoms with Gasteiger partial charge in [-0.3, -0.25) is 4.79 Å². The third-order valence-electron chi connectivity index (χ3n) is 5.11. The quantitative estimate of drug-likeness (QED) is 0.620. The molecular formula is C23H22F2N2O2S. The Bertz CT molecular complexity index is 1030. The van der Waals surface area contributed by atoms with Crippen molar-refractivity contribution < 1.29 is 18.3 Å². The van der Waals surface area contributed by atoms with Crippen molar-refractivity contribution in [3.8, 4) is 11.1 Å². The Labute approximate surface area is 178 Å². The highest BCUT2D eigenvalue weighted by molar-refractivity contribution is 7.18. The molecule has 1 saturated heterocycles. The normalized spacial score (nSPS) is 15.1. The van der Waals surface area contributed by atoms with Gasteiger partial charge >= 0.3 is 0 Å². The first-order valence-electron chi connectivity index (χ1n) is 9.80. The molecule has 1 aliphatic rings. The van der Waals surface area contributed by atoms with Crippen LogP contribution in [0.3, 0.4) is 0 Å². The summed E-state index contributed by atoms with van der Waals surface area (Å²) in [4.78, 5) is 15.8. The van der Waals surface area contributed by atoms with E-state index in [-0.39, 0.29) is 5.91 Å². The van der Waals surface area contributed by atoms with E-state index in [1.54, 1.807) is 6.92 Å². The summed E-state index contributed by atoms with van der Waals surface area (Å²) in [5.41, 5.74) is 2.56. The number of hydrogen-bond acceptors (Lipinski definition) is 4. The maximum absolute atomic E-state index is 13.5. The van der Waals surface area contributed by atoms with E-state index in [1.807, 2.05) is 36.4 Å². The molecule has 1 unspecified atom stereocenters. The van der Waals surface area contributed by atoms with Gasteiger partial charge in [0.25, 0.3) is 5.91 Å². The van der Waals surface area contributed by atoms with E-state index in [1.165, 1.54) is 17.4 Å². The molecule has 0 spiro atoms. The number of benzene rings is 2. The van der Waals surface area contributed by atoms with Crippen molar-refractivity contribution in [3.63, 3.8) is 0 Å². The minimum Gasteiger partial charge on any atom is -0.378 e. The number of ether oxygens (including phenoxy) is 1. The lowest BCUT2D eigenvalue weighted by molar-refractivity contribution is 0.0944. The summed E-state index contributed by atoms with van der Waals surface area (Å²) in [6, 6.07) is 15.1. The van der Waals surface area contributed by atoms with Gasteiger partial charge in [-0.2, -0.15) is 0 Å². The molecule has 4 nitrogen and oxygen atoms in total. The Kier molecular flexibility index (Phi) is 6.11. The molecule has 1 N–H and O–H groups in total. The molecule has 1 fully saturated rings. The van der Waals surface area contributed by atoms with Gasteiger partial charge in [-0.15, -0.1) is 11.3 Å². The van der Waals surface area contributed by atoms with Crippen molar-refractivity contribution in [1.82, 2.24) is 5.32 Å². The second-order valence-corrected chi connectivity index (χ2v) is 8.19. The highest BCUT2D eigenvalue weighted by Crippen LogP contribution is 2.39. The molecule has 1 aliphatic heterocycles. The summed E-state index contributed by atoms with van der Waals surface area (Å²) in [5.74, 6) is -2.07. The second-order valence-electron chi connectivity index (χ2n) is 7.16. The summed E-state index contributed by atoms with van der Waals surface area (Å²) < 4.78 is 32.2. The number of hydrogen-bond donors (Lipinski definition) is 1. The van der Waals surface area contributed by atoms with Crippen molar-refractivity contribution in [3.05, 3.63) is 76.7 Å². The molecule has 156 valence electrons. The van der Waals surface area contributed by atoms with Gasteiger partial charge in [0.1, 0.15) is 0 Å². The monoisotopic (exact) mass is 428 g/mol. The van der Waals surface area contributed by atoms with Crippen LogP contribution < -0.4 is 10.2 Å². The summed E-state index contributed by atoms with van der Waals surface area (Å²) in [7, 11) is 0. The minimum absolute atomic E-state index is 0.242. The van der Waals surface area contributed by atoms with Crippen molar-refractivity contribution in [1.29, 1.82) is 0 Å². The zero-order valence-electron chi connectivity index (χ0n) is 16.5. The average Bonchev–Trinajstić information content (AvgIpc) is 3.22. The number of nitrogens with zero attached hydrogens (tertiary/aromatic N) is 1. The Morgan fingerprint density at radius 3 is 2.50 bits per heavy atom. The molecule has 1 aromatic heterocycles. The first-order chi connectivity index (χ1) is 14.5. The summed E-state index contributed by atoms with van der Waals surface area (Å²) in [6.45, 7) is 4.60. The van der Waals surface area contributed by atoms with Gasteiger partial charge in [-0.25, -0.2) is 8.78 Å². The van der Waals surface area contributed by atoms with Crippen LogP contribution in [0.2, 0.25) is 0 Å². The van der Waals surface area contributed by atoms with E-state index in [0.717, 1.165) is 41.4 Å². The standard InChI is InChI=1S/C23H22F2N2O2S/c1-15(17-7-8-19(24)20(25)13-17)26-22(28)21-14-18(16-5-3-2-4-6-16)23(30-21)27-9-11-29-12-10-27/h2-8,13-15H,9-12H2,1H3,(H,26,28). The fourth-order valence-electron chi connectivity index (χ4n) is 3.45. The zero-order valence-corrected chi connectivity index (χ0v) is 17.3. The van der Waals surface area contributed by atoms with Gasteiger partial charge in [0.2, 0.25) is 0 Å². The maximum Gasteiger partial charge on any atom is 0.261 e. The minimum atomic E-state index is -0.925. The number of nitrogens with one attached hydrogen (secondary N) is 1. The van der Waals surface area contributed by atoms with Gasteiger partial charge < -0.3 is 15.0 Å². The molecule has 4 rings (SSSR count). The smallest absolute Gasteiger partial charge is 0.261 e. The molecule has 0 radical (unpaired) electrons. The van der Waals surface area contributed by atoms with Crippen molar-refractivity contribution in [2.45, 2.75) is 13.0 Å². The Hall–Kier alpha value is -2.77. The molecule has 0 bridgehead atoms. The zero-order chi connectivity index (χ0) is 21.1. The van der Waals surface area contributed by atoms with Crippen LogP contribution in [0.25, 0.3) is 11.1 Å². The SMILES string of the molecule is CC(NC(=O)c1cc(-c2ccccc2)c(N2CCOCC2)s1)c1ccc(F)c(F)c1. The van der Waals surface area contributed by atoms with Crippen LogP contribution >= 0.6 is 11.3 Å². The first kappa shape index (κ1) is 20.5. The molecule has 7 heteroatoms. The number of amides is 1. The van der Waals surface area contributed by atoms with Crippen molar-refractivity contribution in [2.24, 2.45) is 0 Å². The largest absolute Gasteiger partial charge is 0.378 e. The Morgan fingerprint density at radius 1 is 1.07 bits per heavy atom. The number of carbonyl (C=O) groups is 1. The number of thiophene rings is 1. The third kappa shape index (κ3) is 4.37. The van der Waals surface area contributed by atoms with E-state index in [4.69, 9.17) is 4.74 Å². The van der Waals surface area contributed by atoms with Crippen LogP contribution in [0.15, 0.2) is 54.6 Å². The van der Waals surface area contributed by atoms with Crippen molar-refractivity contribution >= 4 is 22.2 Å².